The van der Waals surface area contributed by atoms with Crippen molar-refractivity contribution < 1.29 is 27.4 Å². The van der Waals surface area contributed by atoms with E-state index in [-0.39, 0.29) is 12.6 Å². The minimum Gasteiger partial charge on any atom is -0.486 e. The van der Waals surface area contributed by atoms with Gasteiger partial charge < -0.3 is 19.5 Å². The van der Waals surface area contributed by atoms with E-state index in [1.807, 2.05) is 49.4 Å². The van der Waals surface area contributed by atoms with E-state index in [0.29, 0.717) is 41.9 Å². The summed E-state index contributed by atoms with van der Waals surface area (Å²) in [7, 11) is -3.70. The van der Waals surface area contributed by atoms with Gasteiger partial charge in [0, 0.05) is 0 Å². The molecule has 4 rings (SSSR count). The molecule has 3 aromatic carbocycles. The van der Waals surface area contributed by atoms with Crippen molar-refractivity contribution in [2.75, 3.05) is 30.3 Å². The van der Waals surface area contributed by atoms with Crippen molar-refractivity contribution >= 4 is 21.6 Å². The lowest BCUT2D eigenvalue weighted by Crippen LogP contribution is -2.41. The van der Waals surface area contributed by atoms with Crippen LogP contribution in [0.2, 0.25) is 0 Å². The lowest BCUT2D eigenvalue weighted by atomic mass is 10.1. The lowest BCUT2D eigenvalue weighted by molar-refractivity contribution is -0.120. The van der Waals surface area contributed by atoms with Crippen molar-refractivity contribution in [1.82, 2.24) is 5.32 Å². The van der Waals surface area contributed by atoms with E-state index in [2.05, 4.69) is 5.32 Å². The summed E-state index contributed by atoms with van der Waals surface area (Å²) in [6.07, 6.45) is 1.07. The molecular weight excluding hydrogens is 456 g/mol. The topological polar surface area (TPSA) is 94.2 Å². The molecule has 0 saturated carbocycles. The molecule has 1 aliphatic rings. The van der Waals surface area contributed by atoms with Crippen LogP contribution in [0.3, 0.4) is 0 Å². The Hall–Kier alpha value is -3.72. The third kappa shape index (κ3) is 5.79. The predicted molar refractivity (Wildman–Crippen MR) is 129 cm³/mol. The van der Waals surface area contributed by atoms with Crippen LogP contribution < -0.4 is 23.8 Å². The highest BCUT2D eigenvalue weighted by Gasteiger charge is 2.23. The number of nitrogens with zero attached hydrogens (tertiary/aromatic N) is 1. The number of nitrogens with one attached hydrogen (secondary N) is 1. The quantitative estimate of drug-likeness (QED) is 0.524. The molecule has 0 unspecified atom stereocenters. The van der Waals surface area contributed by atoms with Crippen molar-refractivity contribution in [2.45, 2.75) is 13.0 Å². The Morgan fingerprint density at radius 1 is 0.971 bits per heavy atom. The van der Waals surface area contributed by atoms with Gasteiger partial charge in [-0.15, -0.1) is 0 Å². The first-order valence-corrected chi connectivity index (χ1v) is 12.6. The van der Waals surface area contributed by atoms with E-state index in [1.54, 1.807) is 30.3 Å². The van der Waals surface area contributed by atoms with E-state index >= 15 is 0 Å². The zero-order valence-corrected chi connectivity index (χ0v) is 19.7. The van der Waals surface area contributed by atoms with Gasteiger partial charge in [-0.3, -0.25) is 9.10 Å². The summed E-state index contributed by atoms with van der Waals surface area (Å²) in [6.45, 7) is 2.44. The Morgan fingerprint density at radius 3 is 2.29 bits per heavy atom. The number of para-hydroxylation sites is 1. The molecule has 1 atom stereocenters. The fourth-order valence-electron chi connectivity index (χ4n) is 3.54. The maximum Gasteiger partial charge on any atom is 0.241 e. The molecule has 0 saturated heterocycles. The molecule has 3 aromatic rings. The Kier molecular flexibility index (Phi) is 6.93. The van der Waals surface area contributed by atoms with Gasteiger partial charge in [0.1, 0.15) is 31.3 Å². The van der Waals surface area contributed by atoms with Crippen LogP contribution in [0.5, 0.6) is 23.0 Å². The lowest BCUT2D eigenvalue weighted by Gasteiger charge is -2.24. The molecule has 1 heterocycles. The van der Waals surface area contributed by atoms with Crippen LogP contribution in [-0.2, 0) is 14.8 Å². The zero-order chi connectivity index (χ0) is 24.1. The van der Waals surface area contributed by atoms with Crippen LogP contribution in [-0.4, -0.2) is 40.3 Å². The molecule has 1 amide bonds. The molecule has 0 aromatic heterocycles. The molecule has 8 nitrogen and oxygen atoms in total. The van der Waals surface area contributed by atoms with E-state index in [4.69, 9.17) is 14.2 Å². The Labute approximate surface area is 199 Å². The summed E-state index contributed by atoms with van der Waals surface area (Å²) in [5, 5.41) is 2.85. The molecule has 178 valence electrons. The first kappa shape index (κ1) is 23.4. The number of ether oxygens (including phenoxy) is 3. The number of carbonyl (C=O) groups excluding carboxylic acids is 1. The number of amides is 1. The Bertz CT molecular complexity index is 1250. The molecule has 1 N–H and O–H groups in total. The molecule has 0 aliphatic carbocycles. The number of fused-ring (bicyclic) bond motifs is 1. The monoisotopic (exact) mass is 482 g/mol. The summed E-state index contributed by atoms with van der Waals surface area (Å²) in [5.41, 5.74) is 1.19. The molecule has 0 spiro atoms. The van der Waals surface area contributed by atoms with Gasteiger partial charge in [0.15, 0.2) is 11.5 Å². The molecule has 0 bridgehead atoms. The molecule has 34 heavy (non-hydrogen) atoms. The summed E-state index contributed by atoms with van der Waals surface area (Å²) in [6, 6.07) is 20.9. The Balaban J connectivity index is 1.43. The SMILES string of the molecule is C[C@H](NC(=O)CN(c1ccc(Oc2ccccc2)cc1)S(C)(=O)=O)c1ccc2c(c1)OCCO2. The third-order valence-corrected chi connectivity index (χ3v) is 6.38. The number of benzene rings is 3. The maximum absolute atomic E-state index is 12.8. The highest BCUT2D eigenvalue weighted by Crippen LogP contribution is 2.32. The number of sulfonamides is 1. The first-order valence-electron chi connectivity index (χ1n) is 10.8. The maximum atomic E-state index is 12.8. The van der Waals surface area contributed by atoms with Crippen molar-refractivity contribution in [1.29, 1.82) is 0 Å². The van der Waals surface area contributed by atoms with E-state index < -0.39 is 15.9 Å². The minimum absolute atomic E-state index is 0.355. The number of rotatable bonds is 8. The van der Waals surface area contributed by atoms with Crippen LogP contribution in [0.15, 0.2) is 72.8 Å². The number of carbonyl (C=O) groups is 1. The Morgan fingerprint density at radius 2 is 1.62 bits per heavy atom. The molecule has 9 heteroatoms. The van der Waals surface area contributed by atoms with Crippen molar-refractivity contribution in [3.63, 3.8) is 0 Å². The summed E-state index contributed by atoms with van der Waals surface area (Å²) in [4.78, 5) is 12.8. The second kappa shape index (κ2) is 10.0. The minimum atomic E-state index is -3.70. The van der Waals surface area contributed by atoms with Gasteiger partial charge in [-0.2, -0.15) is 0 Å². The van der Waals surface area contributed by atoms with Crippen molar-refractivity contribution in [2.24, 2.45) is 0 Å². The fourth-order valence-corrected chi connectivity index (χ4v) is 4.39. The molecule has 0 fully saturated rings. The highest BCUT2D eigenvalue weighted by molar-refractivity contribution is 7.92. The van der Waals surface area contributed by atoms with Crippen LogP contribution in [0.4, 0.5) is 5.69 Å². The van der Waals surface area contributed by atoms with Gasteiger partial charge in [0.05, 0.1) is 18.0 Å². The molecule has 0 radical (unpaired) electrons. The van der Waals surface area contributed by atoms with Crippen LogP contribution in [0, 0.1) is 0 Å². The van der Waals surface area contributed by atoms with Crippen LogP contribution in [0.1, 0.15) is 18.5 Å². The predicted octanol–water partition coefficient (Wildman–Crippen LogP) is 3.89. The second-order valence-corrected chi connectivity index (χ2v) is 9.78. The molecule has 1 aliphatic heterocycles. The van der Waals surface area contributed by atoms with Gasteiger partial charge >= 0.3 is 0 Å². The summed E-state index contributed by atoms with van der Waals surface area (Å²) in [5.74, 6) is 2.08. The smallest absolute Gasteiger partial charge is 0.241 e. The number of anilines is 1. The highest BCUT2D eigenvalue weighted by atomic mass is 32.2. The van der Waals surface area contributed by atoms with E-state index in [1.165, 1.54) is 0 Å². The summed E-state index contributed by atoms with van der Waals surface area (Å²) < 4.78 is 42.8. The standard InChI is InChI=1S/C25H26N2O6S/c1-18(19-8-13-23-24(16-19)32-15-14-31-23)26-25(28)17-27(34(2,29)30)20-9-11-22(12-10-20)33-21-6-4-3-5-7-21/h3-13,16,18H,14-15,17H2,1-2H3,(H,26,28)/t18-/m0/s1. The van der Waals surface area contributed by atoms with Crippen molar-refractivity contribution in [3.8, 4) is 23.0 Å². The van der Waals surface area contributed by atoms with Gasteiger partial charge in [-0.1, -0.05) is 24.3 Å². The largest absolute Gasteiger partial charge is 0.486 e. The zero-order valence-electron chi connectivity index (χ0n) is 18.9. The van der Waals surface area contributed by atoms with Gasteiger partial charge in [0.25, 0.3) is 0 Å². The van der Waals surface area contributed by atoms with Crippen LogP contribution in [0.25, 0.3) is 0 Å². The van der Waals surface area contributed by atoms with Crippen molar-refractivity contribution in [3.05, 3.63) is 78.4 Å². The molecular formula is C25H26N2O6S. The second-order valence-electron chi connectivity index (χ2n) is 7.87. The third-order valence-electron chi connectivity index (χ3n) is 5.23. The van der Waals surface area contributed by atoms with Gasteiger partial charge in [-0.25, -0.2) is 8.42 Å². The first-order chi connectivity index (χ1) is 16.3. The fraction of sp³-hybridized carbons (Fsp3) is 0.240. The van der Waals surface area contributed by atoms with E-state index in [9.17, 15) is 13.2 Å². The normalized spacial score (nSPS) is 13.6. The number of hydrogen-bond donors (Lipinski definition) is 1. The van der Waals surface area contributed by atoms with Gasteiger partial charge in [0.2, 0.25) is 15.9 Å². The average Bonchev–Trinajstić information content (AvgIpc) is 2.83. The summed E-state index contributed by atoms with van der Waals surface area (Å²) >= 11 is 0. The van der Waals surface area contributed by atoms with E-state index in [0.717, 1.165) is 16.1 Å². The van der Waals surface area contributed by atoms with Gasteiger partial charge in [-0.05, 0) is 61.0 Å². The average molecular weight is 483 g/mol. The number of hydrogen-bond acceptors (Lipinski definition) is 6. The van der Waals surface area contributed by atoms with Crippen LogP contribution >= 0.6 is 0 Å².